The van der Waals surface area contributed by atoms with Crippen molar-refractivity contribution < 1.29 is 47.5 Å². The number of para-hydroxylation sites is 4. The number of hydrogen-bond acceptors (Lipinski definition) is 3. The van der Waals surface area contributed by atoms with Crippen LogP contribution in [0, 0.1) is 0 Å². The molecule has 246 valence electrons. The second-order valence-corrected chi connectivity index (χ2v) is 12.9. The first-order valence-corrected chi connectivity index (χ1v) is 16.6. The quantitative estimate of drug-likeness (QED) is 0.170. The van der Waals surface area contributed by atoms with Gasteiger partial charge in [0.15, 0.2) is 0 Å². The summed E-state index contributed by atoms with van der Waals surface area (Å²) in [7, 11) is 0. The molecule has 2 aromatic heterocycles. The zero-order valence-electron chi connectivity index (χ0n) is 54.2. The third kappa shape index (κ3) is 4.26. The SMILES string of the molecule is [2H]c1c([2H])c([2H])c2c(c1[2H])SB1c3c([2H])c(-c4c([2H])c([2H])c([2H])c([2H])c4-n4c5c([2H])c([2H])c([2H])c([2H])c5c5c([2H])c([2H])c([2H])c([2H])c54)c([2H])c([2H])c3Oc3c([2H])c(-c4c([2H])c([2H])c5oc6c([2H])c([2H])c([2H])c([2H])c6c5c4[2H])c([2H])c-2c31. The average molecular weight is 722 g/mol. The van der Waals surface area contributed by atoms with E-state index in [1.807, 2.05) is 0 Å². The fourth-order valence-electron chi connectivity index (χ4n) is 6.74. The summed E-state index contributed by atoms with van der Waals surface area (Å²) >= 11 is 0.639. The van der Waals surface area contributed by atoms with Crippen molar-refractivity contribution in [2.45, 2.75) is 4.90 Å². The minimum Gasteiger partial charge on any atom is -0.458 e. The molecule has 53 heavy (non-hydrogen) atoms. The van der Waals surface area contributed by atoms with E-state index >= 15 is 0 Å². The second kappa shape index (κ2) is 11.0. The maximum Gasteiger partial charge on any atom is 0.289 e. The Labute approximate surface area is 349 Å². The fourth-order valence-corrected chi connectivity index (χ4v) is 7.99. The van der Waals surface area contributed by atoms with Crippen LogP contribution in [-0.4, -0.2) is 10.6 Å². The largest absolute Gasteiger partial charge is 0.458 e. The van der Waals surface area contributed by atoms with Crippen LogP contribution in [-0.2, 0) is 0 Å². The molecule has 3 nitrogen and oxygen atoms in total. The van der Waals surface area contributed by atoms with Gasteiger partial charge in [-0.05, 0) is 99.2 Å². The van der Waals surface area contributed by atoms with E-state index in [-0.39, 0.29) is 21.3 Å². The topological polar surface area (TPSA) is 27.3 Å². The van der Waals surface area contributed by atoms with Gasteiger partial charge < -0.3 is 13.7 Å². The number of ether oxygens (including phenoxy) is 1. The molecule has 0 bridgehead atoms. The summed E-state index contributed by atoms with van der Waals surface area (Å²) in [6, 6.07) is -23.3. The highest BCUT2D eigenvalue weighted by molar-refractivity contribution is 8.28. The molecule has 0 saturated carbocycles. The van der Waals surface area contributed by atoms with Gasteiger partial charge in [-0.3, -0.25) is 0 Å². The number of benzene rings is 8. The molecule has 0 saturated heterocycles. The molecule has 0 N–H and O–H groups in total. The Balaban J connectivity index is 1.22. The van der Waals surface area contributed by atoms with Gasteiger partial charge >= 0.3 is 0 Å². The zero-order chi connectivity index (χ0) is 59.0. The van der Waals surface area contributed by atoms with E-state index in [2.05, 4.69) is 0 Å². The molecule has 0 unspecified atom stereocenters. The molecular formula is C48H28BNO2S. The van der Waals surface area contributed by atoms with E-state index in [1.54, 1.807) is 0 Å². The Morgan fingerprint density at radius 1 is 0.491 bits per heavy atom. The lowest BCUT2D eigenvalue weighted by molar-refractivity contribution is 0.488. The lowest BCUT2D eigenvalue weighted by atomic mass is 9.57. The molecule has 12 rings (SSSR count). The molecule has 8 aromatic carbocycles. The maximum atomic E-state index is 10.1. The van der Waals surface area contributed by atoms with E-state index < -0.39 is 264 Å². The first kappa shape index (κ1) is 13.2. The van der Waals surface area contributed by atoms with E-state index in [0.717, 1.165) is 4.57 Å². The smallest absolute Gasteiger partial charge is 0.289 e. The van der Waals surface area contributed by atoms with E-state index in [0.29, 0.717) is 11.6 Å². The summed E-state index contributed by atoms with van der Waals surface area (Å²) in [4.78, 5) is -0.279. The van der Waals surface area contributed by atoms with Crippen LogP contribution in [0.5, 0.6) is 11.5 Å². The molecule has 2 aliphatic rings. The molecule has 0 amide bonds. The molecular weight excluding hydrogens is 665 g/mol. The van der Waals surface area contributed by atoms with Crippen molar-refractivity contribution in [3.63, 3.8) is 0 Å². The third-order valence-electron chi connectivity index (χ3n) is 8.98. The second-order valence-electron chi connectivity index (χ2n) is 11.8. The first-order chi connectivity index (χ1) is 37.9. The van der Waals surface area contributed by atoms with Crippen molar-refractivity contribution in [2.24, 2.45) is 0 Å². The summed E-state index contributed by atoms with van der Waals surface area (Å²) in [5.41, 5.74) is -7.29. The van der Waals surface area contributed by atoms with Gasteiger partial charge in [0, 0.05) is 32.0 Å². The summed E-state index contributed by atoms with van der Waals surface area (Å²) < 4.78 is 267. The minimum atomic E-state index is -1.59. The Hall–Kier alpha value is -6.43. The lowest BCUT2D eigenvalue weighted by Crippen LogP contribution is -2.46. The number of aromatic nitrogens is 1. The highest BCUT2D eigenvalue weighted by Crippen LogP contribution is 2.46. The van der Waals surface area contributed by atoms with E-state index in [1.165, 1.54) is 0 Å². The molecule has 0 aliphatic carbocycles. The molecule has 2 aliphatic heterocycles. The maximum absolute atomic E-state index is 10.1. The minimum absolute atomic E-state index is 0.252. The molecule has 0 spiro atoms. The molecule has 4 heterocycles. The summed E-state index contributed by atoms with van der Waals surface area (Å²) in [6.45, 7) is 0. The Bertz CT molecular complexity index is 4690. The lowest BCUT2D eigenvalue weighted by Gasteiger charge is -2.33. The number of nitrogens with zero attached hydrogens (tertiary/aromatic N) is 1. The van der Waals surface area contributed by atoms with Crippen LogP contribution in [0.15, 0.2) is 179 Å². The predicted molar refractivity (Wildman–Crippen MR) is 222 cm³/mol. The van der Waals surface area contributed by atoms with Crippen LogP contribution < -0.4 is 15.7 Å². The summed E-state index contributed by atoms with van der Waals surface area (Å²) in [5, 5.41) is -1.74. The average Bonchev–Trinajstić information content (AvgIpc) is 2.07. The van der Waals surface area contributed by atoms with E-state index in [4.69, 9.17) is 32.5 Å². The summed E-state index contributed by atoms with van der Waals surface area (Å²) in [6.07, 6.45) is 0. The van der Waals surface area contributed by atoms with Gasteiger partial charge in [0.1, 0.15) is 22.7 Å². The first-order valence-electron chi connectivity index (χ1n) is 29.8. The number of rotatable bonds is 3. The van der Waals surface area contributed by atoms with Crippen LogP contribution in [0.25, 0.3) is 82.8 Å². The van der Waals surface area contributed by atoms with Crippen LogP contribution in [0.2, 0.25) is 0 Å². The van der Waals surface area contributed by atoms with Gasteiger partial charge in [-0.15, -0.1) is 0 Å². The highest BCUT2D eigenvalue weighted by Gasteiger charge is 2.39. The van der Waals surface area contributed by atoms with Gasteiger partial charge in [0.25, 0.3) is 5.99 Å². The highest BCUT2D eigenvalue weighted by atomic mass is 32.2. The number of fused-ring (bicyclic) bond motifs is 10. The van der Waals surface area contributed by atoms with Gasteiger partial charge in [-0.1, -0.05) is 109 Å². The van der Waals surface area contributed by atoms with Gasteiger partial charge in [-0.2, -0.15) is 11.6 Å². The Morgan fingerprint density at radius 3 is 2.02 bits per heavy atom. The van der Waals surface area contributed by atoms with Crippen molar-refractivity contribution >= 4 is 72.3 Å². The van der Waals surface area contributed by atoms with Crippen LogP contribution in [0.4, 0.5) is 0 Å². The van der Waals surface area contributed by atoms with Crippen molar-refractivity contribution in [3.05, 3.63) is 169 Å². The van der Waals surface area contributed by atoms with Gasteiger partial charge in [-0.25, -0.2) is 0 Å². The van der Waals surface area contributed by atoms with Gasteiger partial charge in [0.2, 0.25) is 0 Å². The van der Waals surface area contributed by atoms with Crippen LogP contribution in [0.3, 0.4) is 0 Å². The predicted octanol–water partition coefficient (Wildman–Crippen LogP) is 12.0. The van der Waals surface area contributed by atoms with Crippen molar-refractivity contribution in [1.29, 1.82) is 0 Å². The molecule has 5 heteroatoms. The number of hydrogen-bond donors (Lipinski definition) is 0. The van der Waals surface area contributed by atoms with Crippen LogP contribution in [0.1, 0.15) is 38.4 Å². The molecule has 0 fully saturated rings. The Morgan fingerprint density at radius 2 is 1.17 bits per heavy atom. The zero-order valence-corrected chi connectivity index (χ0v) is 27.1. The Kier molecular flexibility index (Phi) is 2.75. The summed E-state index contributed by atoms with van der Waals surface area (Å²) in [5.74, 6) is -2.84. The fraction of sp³-hybridized carbons (Fsp3) is 0. The molecule has 0 radical (unpaired) electrons. The monoisotopic (exact) mass is 721 g/mol. The standard InChI is InChI=1S/C48H28BNO2S/c1-6-16-40(50-41-17-7-2-12-33(41)34-13-3-8-18-42(34)50)32(11-1)30-22-24-45-39(27-30)49-48-38(36-15-5-10-20-47(36)53-49)26-31(28-46(48)52-45)29-21-23-44-37(25-29)35-14-4-9-19-43(35)51-44/h1-28H/i1D,2D,3D,4D,5D,6D,7D,8D,9D,10D,11D,12D,13D,14D,15D,16D,17D,18D,19D,20D,21D,22D,23D,24D,25D,26D,27D,28D. The van der Waals surface area contributed by atoms with Crippen molar-refractivity contribution in [2.75, 3.05) is 0 Å². The number of furan rings is 1. The van der Waals surface area contributed by atoms with Crippen molar-refractivity contribution in [3.8, 4) is 50.6 Å². The van der Waals surface area contributed by atoms with Gasteiger partial charge in [0.05, 0.1) is 55.1 Å². The third-order valence-corrected chi connectivity index (χ3v) is 10.2. The molecule has 10 aromatic rings. The van der Waals surface area contributed by atoms with Crippen LogP contribution >= 0.6 is 11.6 Å². The van der Waals surface area contributed by atoms with Crippen molar-refractivity contribution in [1.82, 2.24) is 4.57 Å². The molecule has 0 atom stereocenters. The van der Waals surface area contributed by atoms with E-state index in [9.17, 15) is 15.1 Å². The normalized spacial score (nSPS) is 20.3.